The van der Waals surface area contributed by atoms with Crippen LogP contribution in [-0.4, -0.2) is 97.4 Å². The lowest BCUT2D eigenvalue weighted by atomic mass is 10.1. The molecule has 0 saturated carbocycles. The van der Waals surface area contributed by atoms with Crippen molar-refractivity contribution in [2.24, 2.45) is 5.92 Å². The number of hydrogen-bond acceptors (Lipinski definition) is 5. The van der Waals surface area contributed by atoms with Crippen molar-refractivity contribution in [3.63, 3.8) is 0 Å². The minimum absolute atomic E-state index is 0.0286. The van der Waals surface area contributed by atoms with Gasteiger partial charge in [-0.2, -0.15) is 0 Å². The van der Waals surface area contributed by atoms with E-state index < -0.39 is 23.5 Å². The maximum Gasteiger partial charge on any atom is 0.312 e. The first-order valence-corrected chi connectivity index (χ1v) is 10.9. The van der Waals surface area contributed by atoms with Crippen molar-refractivity contribution < 1.29 is 28.3 Å². The number of hydrogen-bond donors (Lipinski definition) is 0. The fraction of sp³-hybridized carbons (Fsp3) is 0.545. The zero-order valence-electron chi connectivity index (χ0n) is 18.1. The topological polar surface area (TPSA) is 90.5 Å². The van der Waals surface area contributed by atoms with Crippen LogP contribution in [0, 0.1) is 18.7 Å². The van der Waals surface area contributed by atoms with Crippen molar-refractivity contribution >= 4 is 29.3 Å². The fourth-order valence-corrected chi connectivity index (χ4v) is 4.36. The Hall–Kier alpha value is -3.01. The molecule has 1 aromatic carbocycles. The predicted octanol–water partition coefficient (Wildman–Crippen LogP) is 0.0166. The summed E-state index contributed by atoms with van der Waals surface area (Å²) in [5.41, 5.74) is 0.943. The Morgan fingerprint density at radius 3 is 2.16 bits per heavy atom. The standard InChI is InChI=1S/C22H27FN4O5/c1-15-2-3-18(17(23)12-15)27-14-16(13-19(27)28)20(29)24-4-6-25(7-5-24)21(30)22(31)26-8-10-32-11-9-26/h2-3,12,16H,4-11,13-14H2,1H3. The van der Waals surface area contributed by atoms with E-state index in [4.69, 9.17) is 4.74 Å². The maximum absolute atomic E-state index is 14.3. The van der Waals surface area contributed by atoms with E-state index in [2.05, 4.69) is 0 Å². The van der Waals surface area contributed by atoms with Crippen molar-refractivity contribution in [1.29, 1.82) is 0 Å². The molecule has 1 atom stereocenters. The van der Waals surface area contributed by atoms with Crippen LogP contribution in [0.2, 0.25) is 0 Å². The molecule has 0 radical (unpaired) electrons. The van der Waals surface area contributed by atoms with Crippen molar-refractivity contribution in [1.82, 2.24) is 14.7 Å². The number of rotatable bonds is 2. The highest BCUT2D eigenvalue weighted by atomic mass is 19.1. The van der Waals surface area contributed by atoms with Crippen LogP contribution >= 0.6 is 0 Å². The Bertz CT molecular complexity index is 925. The molecule has 1 unspecified atom stereocenters. The van der Waals surface area contributed by atoms with Crippen LogP contribution in [0.5, 0.6) is 0 Å². The number of amides is 4. The molecule has 0 bridgehead atoms. The number of ether oxygens (including phenoxy) is 1. The van der Waals surface area contributed by atoms with E-state index >= 15 is 0 Å². The zero-order valence-corrected chi connectivity index (χ0v) is 18.1. The normalized spacial score (nSPS) is 21.8. The van der Waals surface area contributed by atoms with Gasteiger partial charge in [-0.05, 0) is 24.6 Å². The van der Waals surface area contributed by atoms with Crippen molar-refractivity contribution in [3.05, 3.63) is 29.6 Å². The Labute approximate surface area is 185 Å². The number of halogens is 1. The van der Waals surface area contributed by atoms with Gasteiger partial charge in [-0.3, -0.25) is 19.2 Å². The largest absolute Gasteiger partial charge is 0.378 e. The van der Waals surface area contributed by atoms with E-state index in [1.807, 2.05) is 0 Å². The van der Waals surface area contributed by atoms with Crippen LogP contribution in [0.25, 0.3) is 0 Å². The minimum Gasteiger partial charge on any atom is -0.378 e. The van der Waals surface area contributed by atoms with Gasteiger partial charge in [0.25, 0.3) is 0 Å². The highest BCUT2D eigenvalue weighted by molar-refractivity contribution is 6.34. The van der Waals surface area contributed by atoms with Gasteiger partial charge in [-0.1, -0.05) is 6.07 Å². The van der Waals surface area contributed by atoms with Gasteiger partial charge >= 0.3 is 11.8 Å². The molecule has 0 N–H and O–H groups in total. The van der Waals surface area contributed by atoms with E-state index in [-0.39, 0.29) is 43.6 Å². The van der Waals surface area contributed by atoms with Gasteiger partial charge in [0.15, 0.2) is 0 Å². The molecule has 0 spiro atoms. The van der Waals surface area contributed by atoms with Crippen molar-refractivity contribution in [3.8, 4) is 0 Å². The molecule has 3 fully saturated rings. The summed E-state index contributed by atoms with van der Waals surface area (Å²) in [6.07, 6.45) is 0.0286. The molecule has 32 heavy (non-hydrogen) atoms. The Kier molecular flexibility index (Phi) is 6.40. The second kappa shape index (κ2) is 9.23. The fourth-order valence-electron chi connectivity index (χ4n) is 4.36. The predicted molar refractivity (Wildman–Crippen MR) is 112 cm³/mol. The van der Waals surface area contributed by atoms with Gasteiger partial charge in [-0.25, -0.2) is 4.39 Å². The smallest absolute Gasteiger partial charge is 0.312 e. The highest BCUT2D eigenvalue weighted by Crippen LogP contribution is 2.29. The third kappa shape index (κ3) is 4.45. The van der Waals surface area contributed by atoms with Crippen LogP contribution in [0.3, 0.4) is 0 Å². The van der Waals surface area contributed by atoms with Crippen LogP contribution in [0.4, 0.5) is 10.1 Å². The Morgan fingerprint density at radius 2 is 1.53 bits per heavy atom. The first kappa shape index (κ1) is 22.2. The molecular weight excluding hydrogens is 419 g/mol. The van der Waals surface area contributed by atoms with Crippen LogP contribution in [0.15, 0.2) is 18.2 Å². The molecule has 3 heterocycles. The molecule has 4 rings (SSSR count). The quantitative estimate of drug-likeness (QED) is 0.598. The van der Waals surface area contributed by atoms with Crippen LogP contribution in [0.1, 0.15) is 12.0 Å². The SMILES string of the molecule is Cc1ccc(N2CC(C(=O)N3CCN(C(=O)C(=O)N4CCOCC4)CC3)CC2=O)c(F)c1. The van der Waals surface area contributed by atoms with Gasteiger partial charge in [0, 0.05) is 52.2 Å². The molecule has 3 saturated heterocycles. The molecule has 3 aliphatic heterocycles. The lowest BCUT2D eigenvalue weighted by Crippen LogP contribution is -2.56. The number of nitrogens with zero attached hydrogens (tertiary/aromatic N) is 4. The Balaban J connectivity index is 1.32. The van der Waals surface area contributed by atoms with Crippen molar-refractivity contribution in [2.45, 2.75) is 13.3 Å². The summed E-state index contributed by atoms with van der Waals surface area (Å²) in [7, 11) is 0. The van der Waals surface area contributed by atoms with E-state index in [0.29, 0.717) is 39.4 Å². The third-order valence-corrected chi connectivity index (χ3v) is 6.23. The van der Waals surface area contributed by atoms with Gasteiger partial charge in [-0.15, -0.1) is 0 Å². The molecule has 0 aromatic heterocycles. The summed E-state index contributed by atoms with van der Waals surface area (Å²) in [5.74, 6) is -2.60. The molecule has 1 aromatic rings. The average molecular weight is 446 g/mol. The molecule has 9 nitrogen and oxygen atoms in total. The molecule has 172 valence electrons. The highest BCUT2D eigenvalue weighted by Gasteiger charge is 2.39. The summed E-state index contributed by atoms with van der Waals surface area (Å²) >= 11 is 0. The van der Waals surface area contributed by atoms with Gasteiger partial charge in [0.1, 0.15) is 5.82 Å². The monoisotopic (exact) mass is 446 g/mol. The molecule has 0 aliphatic carbocycles. The first-order chi connectivity index (χ1) is 15.3. The number of carbonyl (C=O) groups excluding carboxylic acids is 4. The summed E-state index contributed by atoms with van der Waals surface area (Å²) in [6, 6.07) is 4.66. The number of benzene rings is 1. The van der Waals surface area contributed by atoms with E-state index in [0.717, 1.165) is 5.56 Å². The molecule has 10 heteroatoms. The lowest BCUT2D eigenvalue weighted by Gasteiger charge is -2.36. The number of piperazine rings is 1. The van der Waals surface area contributed by atoms with Crippen LogP contribution in [-0.2, 0) is 23.9 Å². The maximum atomic E-state index is 14.3. The van der Waals surface area contributed by atoms with Gasteiger partial charge in [0.2, 0.25) is 11.8 Å². The van der Waals surface area contributed by atoms with Gasteiger partial charge < -0.3 is 24.3 Å². The second-order valence-corrected chi connectivity index (χ2v) is 8.38. The number of carbonyl (C=O) groups is 4. The first-order valence-electron chi connectivity index (χ1n) is 10.9. The minimum atomic E-state index is -0.559. The summed E-state index contributed by atoms with van der Waals surface area (Å²) in [5, 5.41) is 0. The lowest BCUT2D eigenvalue weighted by molar-refractivity contribution is -0.156. The zero-order chi connectivity index (χ0) is 22.8. The second-order valence-electron chi connectivity index (χ2n) is 8.38. The Morgan fingerprint density at radius 1 is 0.938 bits per heavy atom. The van der Waals surface area contributed by atoms with Crippen LogP contribution < -0.4 is 4.90 Å². The molecular formula is C22H27FN4O5. The van der Waals surface area contributed by atoms with E-state index in [1.54, 1.807) is 24.0 Å². The molecule has 3 aliphatic rings. The molecule has 4 amide bonds. The number of anilines is 1. The van der Waals surface area contributed by atoms with E-state index in [9.17, 15) is 23.6 Å². The van der Waals surface area contributed by atoms with Crippen molar-refractivity contribution in [2.75, 3.05) is 63.9 Å². The van der Waals surface area contributed by atoms with Gasteiger partial charge in [0.05, 0.1) is 24.8 Å². The summed E-state index contributed by atoms with van der Waals surface area (Å²) in [4.78, 5) is 56.3. The summed E-state index contributed by atoms with van der Waals surface area (Å²) in [6.45, 7) is 4.66. The van der Waals surface area contributed by atoms with E-state index in [1.165, 1.54) is 20.8 Å². The summed E-state index contributed by atoms with van der Waals surface area (Å²) < 4.78 is 19.5. The average Bonchev–Trinajstić information content (AvgIpc) is 3.19. The number of morpholine rings is 1. The third-order valence-electron chi connectivity index (χ3n) is 6.23. The number of aryl methyl sites for hydroxylation is 1.